The van der Waals surface area contributed by atoms with Gasteiger partial charge in [-0.05, 0) is 55.7 Å². The van der Waals surface area contributed by atoms with E-state index >= 15 is 0 Å². The van der Waals surface area contributed by atoms with E-state index < -0.39 is 0 Å². The zero-order valence-corrected chi connectivity index (χ0v) is 19.2. The minimum atomic E-state index is 0.0271. The molecule has 4 aromatic rings. The number of aromatic nitrogens is 2. The molecule has 5 rings (SSSR count). The number of benzene rings is 2. The van der Waals surface area contributed by atoms with Gasteiger partial charge in [-0.3, -0.25) is 4.79 Å². The summed E-state index contributed by atoms with van der Waals surface area (Å²) in [5, 5.41) is 5.72. The maximum absolute atomic E-state index is 13.6. The van der Waals surface area contributed by atoms with E-state index in [0.717, 1.165) is 51.4 Å². The van der Waals surface area contributed by atoms with Crippen molar-refractivity contribution in [1.82, 2.24) is 14.7 Å². The topological polar surface area (TPSA) is 56.6 Å². The number of rotatable bonds is 5. The van der Waals surface area contributed by atoms with Crippen LogP contribution in [0.5, 0.6) is 11.5 Å². The van der Waals surface area contributed by atoms with Gasteiger partial charge in [-0.25, -0.2) is 4.68 Å². The Hall–Kier alpha value is -3.32. The van der Waals surface area contributed by atoms with Gasteiger partial charge in [-0.1, -0.05) is 24.3 Å². The van der Waals surface area contributed by atoms with Gasteiger partial charge < -0.3 is 14.4 Å². The summed E-state index contributed by atoms with van der Waals surface area (Å²) in [5.41, 5.74) is 2.99. The molecule has 32 heavy (non-hydrogen) atoms. The lowest BCUT2D eigenvalue weighted by Gasteiger charge is -2.25. The van der Waals surface area contributed by atoms with Crippen LogP contribution in [-0.2, 0) is 0 Å². The smallest absolute Gasteiger partial charge is 0.264 e. The highest BCUT2D eigenvalue weighted by Gasteiger charge is 2.32. The van der Waals surface area contributed by atoms with Crippen LogP contribution in [0, 0.1) is 6.92 Å². The van der Waals surface area contributed by atoms with Crippen molar-refractivity contribution in [3.63, 3.8) is 0 Å². The Bertz CT molecular complexity index is 1280. The largest absolute Gasteiger partial charge is 0.493 e. The van der Waals surface area contributed by atoms with Crippen LogP contribution in [0.25, 0.3) is 15.9 Å². The van der Waals surface area contributed by atoms with Crippen molar-refractivity contribution in [2.24, 2.45) is 0 Å². The Morgan fingerprint density at radius 2 is 1.84 bits per heavy atom. The molecule has 0 N–H and O–H groups in total. The van der Waals surface area contributed by atoms with Gasteiger partial charge in [0.15, 0.2) is 11.5 Å². The Morgan fingerprint density at radius 1 is 1.06 bits per heavy atom. The number of likely N-dealkylation sites (tertiary alicyclic amines) is 1. The first-order valence-corrected chi connectivity index (χ1v) is 11.5. The second-order valence-electron chi connectivity index (χ2n) is 7.93. The summed E-state index contributed by atoms with van der Waals surface area (Å²) in [6.07, 6.45) is 1.91. The number of aryl methyl sites for hydroxylation is 1. The number of fused-ring (bicyclic) bond motifs is 1. The Morgan fingerprint density at radius 3 is 2.59 bits per heavy atom. The molecule has 1 unspecified atom stereocenters. The van der Waals surface area contributed by atoms with Crippen LogP contribution < -0.4 is 9.47 Å². The van der Waals surface area contributed by atoms with Crippen molar-refractivity contribution >= 4 is 27.5 Å². The molecule has 1 amide bonds. The van der Waals surface area contributed by atoms with Crippen LogP contribution in [-0.4, -0.2) is 41.4 Å². The van der Waals surface area contributed by atoms with E-state index in [1.54, 1.807) is 14.2 Å². The molecule has 0 saturated carbocycles. The lowest BCUT2D eigenvalue weighted by molar-refractivity contribution is 0.0740. The Kier molecular flexibility index (Phi) is 5.35. The number of amides is 1. The first-order valence-electron chi connectivity index (χ1n) is 10.7. The number of hydrogen-bond acceptors (Lipinski definition) is 5. The molecule has 1 aliphatic heterocycles. The monoisotopic (exact) mass is 447 g/mol. The SMILES string of the molecule is COc1ccc(C2CCCN2C(=O)c2cc3c(C)nn(-c4ccccc4)c3s2)cc1OC. The van der Waals surface area contributed by atoms with Gasteiger partial charge in [0.2, 0.25) is 0 Å². The average Bonchev–Trinajstić information content (AvgIpc) is 3.55. The predicted octanol–water partition coefficient (Wildman–Crippen LogP) is 5.39. The van der Waals surface area contributed by atoms with Gasteiger partial charge in [0.25, 0.3) is 5.91 Å². The van der Waals surface area contributed by atoms with Gasteiger partial charge in [0.05, 0.1) is 36.5 Å². The van der Waals surface area contributed by atoms with Gasteiger partial charge in [0, 0.05) is 11.9 Å². The standard InChI is InChI=1S/C25H25N3O3S/c1-16-19-15-23(32-25(19)28(26-16)18-8-5-4-6-9-18)24(29)27-13-7-10-20(27)17-11-12-21(30-2)22(14-17)31-3/h4-6,8-9,11-12,14-15,20H,7,10,13H2,1-3H3. The summed E-state index contributed by atoms with van der Waals surface area (Å²) in [5.74, 6) is 1.45. The van der Waals surface area contributed by atoms with Gasteiger partial charge >= 0.3 is 0 Å². The van der Waals surface area contributed by atoms with E-state index in [4.69, 9.17) is 14.6 Å². The highest BCUT2D eigenvalue weighted by atomic mass is 32.1. The van der Waals surface area contributed by atoms with E-state index in [2.05, 4.69) is 0 Å². The zero-order chi connectivity index (χ0) is 22.2. The maximum atomic E-state index is 13.6. The van der Waals surface area contributed by atoms with Crippen LogP contribution in [0.3, 0.4) is 0 Å². The highest BCUT2D eigenvalue weighted by molar-refractivity contribution is 7.20. The van der Waals surface area contributed by atoms with E-state index in [1.807, 2.05) is 71.1 Å². The molecule has 1 aliphatic rings. The molecule has 2 aromatic carbocycles. The van der Waals surface area contributed by atoms with Crippen LogP contribution in [0.15, 0.2) is 54.6 Å². The van der Waals surface area contributed by atoms with Gasteiger partial charge in [0.1, 0.15) is 4.83 Å². The van der Waals surface area contributed by atoms with E-state index in [0.29, 0.717) is 11.5 Å². The van der Waals surface area contributed by atoms with Crippen LogP contribution in [0.4, 0.5) is 0 Å². The molecule has 3 heterocycles. The molecular weight excluding hydrogens is 422 g/mol. The lowest BCUT2D eigenvalue weighted by Crippen LogP contribution is -2.30. The Labute approximate surface area is 191 Å². The third kappa shape index (κ3) is 3.42. The van der Waals surface area contributed by atoms with Crippen molar-refractivity contribution in [3.8, 4) is 17.2 Å². The number of carbonyl (C=O) groups excluding carboxylic acids is 1. The third-order valence-electron chi connectivity index (χ3n) is 6.06. The quantitative estimate of drug-likeness (QED) is 0.412. The van der Waals surface area contributed by atoms with Crippen molar-refractivity contribution < 1.29 is 14.3 Å². The van der Waals surface area contributed by atoms with Crippen molar-refractivity contribution in [2.45, 2.75) is 25.8 Å². The van der Waals surface area contributed by atoms with Crippen molar-refractivity contribution in [2.75, 3.05) is 20.8 Å². The second-order valence-corrected chi connectivity index (χ2v) is 8.96. The van der Waals surface area contributed by atoms with Crippen molar-refractivity contribution in [3.05, 3.63) is 70.7 Å². The second kappa shape index (κ2) is 8.31. The summed E-state index contributed by atoms with van der Waals surface area (Å²) in [4.78, 5) is 17.3. The van der Waals surface area contributed by atoms with E-state index in [9.17, 15) is 4.79 Å². The highest BCUT2D eigenvalue weighted by Crippen LogP contribution is 2.39. The van der Waals surface area contributed by atoms with Crippen LogP contribution in [0.2, 0.25) is 0 Å². The third-order valence-corrected chi connectivity index (χ3v) is 7.16. The molecule has 0 aliphatic carbocycles. The summed E-state index contributed by atoms with van der Waals surface area (Å²) in [7, 11) is 3.26. The van der Waals surface area contributed by atoms with Gasteiger partial charge in [-0.2, -0.15) is 5.10 Å². The minimum Gasteiger partial charge on any atom is -0.493 e. The minimum absolute atomic E-state index is 0.0271. The first kappa shape index (κ1) is 20.6. The number of hydrogen-bond donors (Lipinski definition) is 0. The molecule has 1 atom stereocenters. The molecule has 0 spiro atoms. The normalized spacial score (nSPS) is 16.0. The fraction of sp³-hybridized carbons (Fsp3) is 0.280. The molecule has 1 saturated heterocycles. The number of thiophene rings is 1. The lowest BCUT2D eigenvalue weighted by atomic mass is 10.0. The van der Waals surface area contributed by atoms with Crippen molar-refractivity contribution in [1.29, 1.82) is 0 Å². The van der Waals surface area contributed by atoms with Crippen LogP contribution in [0.1, 0.15) is 39.8 Å². The summed E-state index contributed by atoms with van der Waals surface area (Å²) < 4.78 is 12.8. The summed E-state index contributed by atoms with van der Waals surface area (Å²) in [6.45, 7) is 2.74. The molecule has 0 bridgehead atoms. The molecule has 0 radical (unpaired) electrons. The number of ether oxygens (including phenoxy) is 2. The molecule has 2 aromatic heterocycles. The molecule has 1 fully saturated rings. The summed E-state index contributed by atoms with van der Waals surface area (Å²) in [6, 6.07) is 18.0. The van der Waals surface area contributed by atoms with E-state index in [-0.39, 0.29) is 11.9 Å². The average molecular weight is 448 g/mol. The zero-order valence-electron chi connectivity index (χ0n) is 18.4. The molecule has 6 nitrogen and oxygen atoms in total. The summed E-state index contributed by atoms with van der Waals surface area (Å²) >= 11 is 1.51. The number of nitrogens with zero attached hydrogens (tertiary/aromatic N) is 3. The maximum Gasteiger partial charge on any atom is 0.264 e. The fourth-order valence-corrected chi connectivity index (χ4v) is 5.59. The molecule has 7 heteroatoms. The first-order chi connectivity index (χ1) is 15.6. The van der Waals surface area contributed by atoms with Gasteiger partial charge in [-0.15, -0.1) is 11.3 Å². The van der Waals surface area contributed by atoms with Crippen LogP contribution >= 0.6 is 11.3 Å². The number of carbonyl (C=O) groups is 1. The number of methoxy groups -OCH3 is 2. The fourth-order valence-electron chi connectivity index (χ4n) is 4.45. The molecule has 164 valence electrons. The molecular formula is C25H25N3O3S. The number of para-hydroxylation sites is 1. The van der Waals surface area contributed by atoms with E-state index in [1.165, 1.54) is 11.3 Å². The predicted molar refractivity (Wildman–Crippen MR) is 126 cm³/mol. The Balaban J connectivity index is 1.48.